The molecule has 3 rings (SSSR count). The number of anilines is 2. The van der Waals surface area contributed by atoms with Gasteiger partial charge in [-0.25, -0.2) is 13.1 Å². The highest BCUT2D eigenvalue weighted by molar-refractivity contribution is 7.89. The number of carbonyl (C=O) groups excluding carboxylic acids is 2. The van der Waals surface area contributed by atoms with E-state index >= 15 is 0 Å². The Morgan fingerprint density at radius 2 is 1.62 bits per heavy atom. The molecule has 1 saturated heterocycles. The van der Waals surface area contributed by atoms with E-state index in [0.717, 1.165) is 18.8 Å². The SMILES string of the molecule is CC(=O)Nc1ccc(S(=O)(=O)NCC(=O)c2ccc(N3CCOCC3)cc2)cc1. The van der Waals surface area contributed by atoms with Gasteiger partial charge in [-0.1, -0.05) is 0 Å². The van der Waals surface area contributed by atoms with Crippen LogP contribution in [0, 0.1) is 0 Å². The Balaban J connectivity index is 1.59. The molecular weight excluding hydrogens is 394 g/mol. The zero-order valence-electron chi connectivity index (χ0n) is 16.1. The molecule has 0 atom stereocenters. The maximum absolute atomic E-state index is 12.4. The molecule has 0 radical (unpaired) electrons. The molecule has 2 aromatic rings. The zero-order chi connectivity index (χ0) is 20.9. The number of amides is 1. The van der Waals surface area contributed by atoms with Gasteiger partial charge in [-0.2, -0.15) is 0 Å². The van der Waals surface area contributed by atoms with Crippen LogP contribution in [0.15, 0.2) is 53.4 Å². The van der Waals surface area contributed by atoms with Gasteiger partial charge in [-0.05, 0) is 48.5 Å². The number of ketones is 1. The number of ether oxygens (including phenoxy) is 1. The van der Waals surface area contributed by atoms with Crippen LogP contribution in [0.25, 0.3) is 0 Å². The Kier molecular flexibility index (Phi) is 6.63. The normalized spacial score (nSPS) is 14.4. The van der Waals surface area contributed by atoms with Crippen molar-refractivity contribution in [2.24, 2.45) is 0 Å². The molecule has 0 unspecified atom stereocenters. The molecule has 1 aliphatic rings. The van der Waals surface area contributed by atoms with Gasteiger partial charge in [0.1, 0.15) is 0 Å². The lowest BCUT2D eigenvalue weighted by atomic mass is 10.1. The van der Waals surface area contributed by atoms with Gasteiger partial charge in [-0.3, -0.25) is 9.59 Å². The smallest absolute Gasteiger partial charge is 0.240 e. The summed E-state index contributed by atoms with van der Waals surface area (Å²) >= 11 is 0. The van der Waals surface area contributed by atoms with Crippen LogP contribution < -0.4 is 14.9 Å². The fourth-order valence-corrected chi connectivity index (χ4v) is 3.93. The minimum Gasteiger partial charge on any atom is -0.378 e. The quantitative estimate of drug-likeness (QED) is 0.664. The van der Waals surface area contributed by atoms with E-state index in [0.29, 0.717) is 24.5 Å². The van der Waals surface area contributed by atoms with Crippen molar-refractivity contribution in [2.45, 2.75) is 11.8 Å². The van der Waals surface area contributed by atoms with Crippen molar-refractivity contribution in [3.05, 3.63) is 54.1 Å². The highest BCUT2D eigenvalue weighted by atomic mass is 32.2. The standard InChI is InChI=1S/C20H23N3O5S/c1-15(24)22-17-4-8-19(9-5-17)29(26,27)21-14-20(25)16-2-6-18(7-3-16)23-10-12-28-13-11-23/h2-9,21H,10-14H2,1H3,(H,22,24). The Bertz CT molecular complexity index is 966. The van der Waals surface area contributed by atoms with Crippen LogP contribution in [-0.4, -0.2) is 53.0 Å². The van der Waals surface area contributed by atoms with Crippen LogP contribution in [0.1, 0.15) is 17.3 Å². The molecule has 0 saturated carbocycles. The van der Waals surface area contributed by atoms with Crippen molar-refractivity contribution in [3.63, 3.8) is 0 Å². The van der Waals surface area contributed by atoms with E-state index in [1.165, 1.54) is 31.2 Å². The van der Waals surface area contributed by atoms with Gasteiger partial charge in [0, 0.05) is 37.0 Å². The molecule has 0 aromatic heterocycles. The first-order chi connectivity index (χ1) is 13.8. The largest absolute Gasteiger partial charge is 0.378 e. The van der Waals surface area contributed by atoms with Crippen molar-refractivity contribution >= 4 is 33.1 Å². The molecular formula is C20H23N3O5S. The molecule has 1 heterocycles. The van der Waals surface area contributed by atoms with E-state index in [1.807, 2.05) is 12.1 Å². The summed E-state index contributed by atoms with van der Waals surface area (Å²) in [6, 6.07) is 12.8. The van der Waals surface area contributed by atoms with E-state index < -0.39 is 10.0 Å². The molecule has 8 nitrogen and oxygen atoms in total. The summed E-state index contributed by atoms with van der Waals surface area (Å²) in [4.78, 5) is 25.6. The molecule has 1 aliphatic heterocycles. The van der Waals surface area contributed by atoms with Crippen molar-refractivity contribution in [3.8, 4) is 0 Å². The monoisotopic (exact) mass is 417 g/mol. The van der Waals surface area contributed by atoms with Crippen molar-refractivity contribution in [1.82, 2.24) is 4.72 Å². The first kappa shape index (κ1) is 21.0. The van der Waals surface area contributed by atoms with E-state index in [2.05, 4.69) is 14.9 Å². The average Bonchev–Trinajstić information content (AvgIpc) is 2.73. The lowest BCUT2D eigenvalue weighted by Crippen LogP contribution is -2.36. The van der Waals surface area contributed by atoms with E-state index in [9.17, 15) is 18.0 Å². The lowest BCUT2D eigenvalue weighted by molar-refractivity contribution is -0.114. The van der Waals surface area contributed by atoms with Crippen molar-refractivity contribution in [2.75, 3.05) is 43.1 Å². The fourth-order valence-electron chi connectivity index (χ4n) is 2.95. The van der Waals surface area contributed by atoms with Crippen LogP contribution in [0.2, 0.25) is 0 Å². The maximum Gasteiger partial charge on any atom is 0.240 e. The summed E-state index contributed by atoms with van der Waals surface area (Å²) in [6.45, 7) is 3.97. The summed E-state index contributed by atoms with van der Waals surface area (Å²) in [5, 5.41) is 2.56. The Hall–Kier alpha value is -2.75. The number of benzene rings is 2. The second kappa shape index (κ2) is 9.17. The van der Waals surface area contributed by atoms with Crippen LogP contribution in [0.3, 0.4) is 0 Å². The van der Waals surface area contributed by atoms with Gasteiger partial charge < -0.3 is 15.0 Å². The van der Waals surface area contributed by atoms with Crippen molar-refractivity contribution in [1.29, 1.82) is 0 Å². The number of hydrogen-bond acceptors (Lipinski definition) is 6. The zero-order valence-corrected chi connectivity index (χ0v) is 16.9. The van der Waals surface area contributed by atoms with Crippen LogP contribution in [0.4, 0.5) is 11.4 Å². The molecule has 1 fully saturated rings. The van der Waals surface area contributed by atoms with Gasteiger partial charge in [-0.15, -0.1) is 0 Å². The molecule has 2 N–H and O–H groups in total. The average molecular weight is 417 g/mol. The summed E-state index contributed by atoms with van der Waals surface area (Å²) in [5.74, 6) is -0.569. The molecule has 29 heavy (non-hydrogen) atoms. The number of carbonyl (C=O) groups is 2. The maximum atomic E-state index is 12.4. The predicted octanol–water partition coefficient (Wildman–Crippen LogP) is 1.64. The Morgan fingerprint density at radius 3 is 2.21 bits per heavy atom. The third-order valence-electron chi connectivity index (χ3n) is 4.47. The number of nitrogens with one attached hydrogen (secondary N) is 2. The number of morpholine rings is 1. The third kappa shape index (κ3) is 5.63. The third-order valence-corrected chi connectivity index (χ3v) is 5.89. The first-order valence-corrected chi connectivity index (χ1v) is 10.7. The summed E-state index contributed by atoms with van der Waals surface area (Å²) in [6.07, 6.45) is 0. The Labute approximate surface area is 169 Å². The van der Waals surface area contributed by atoms with Crippen LogP contribution in [-0.2, 0) is 19.6 Å². The second-order valence-electron chi connectivity index (χ2n) is 6.60. The van der Waals surface area contributed by atoms with Crippen LogP contribution >= 0.6 is 0 Å². The summed E-state index contributed by atoms with van der Waals surface area (Å²) in [5.41, 5.74) is 1.93. The van der Waals surface area contributed by atoms with E-state index in [-0.39, 0.29) is 23.1 Å². The van der Waals surface area contributed by atoms with Gasteiger partial charge in [0.05, 0.1) is 24.7 Å². The fraction of sp³-hybridized carbons (Fsp3) is 0.300. The number of rotatable bonds is 7. The van der Waals surface area contributed by atoms with Gasteiger partial charge in [0.15, 0.2) is 5.78 Å². The minimum absolute atomic E-state index is 0.0158. The molecule has 0 bridgehead atoms. The lowest BCUT2D eigenvalue weighted by Gasteiger charge is -2.28. The molecule has 0 aliphatic carbocycles. The van der Waals surface area contributed by atoms with Crippen molar-refractivity contribution < 1.29 is 22.7 Å². The summed E-state index contributed by atoms with van der Waals surface area (Å²) < 4.78 is 32.4. The number of sulfonamides is 1. The number of Topliss-reactive ketones (excluding diaryl/α,β-unsaturated/α-hetero) is 1. The minimum atomic E-state index is -3.84. The van der Waals surface area contributed by atoms with Gasteiger partial charge in [0.2, 0.25) is 15.9 Å². The molecule has 9 heteroatoms. The number of hydrogen-bond donors (Lipinski definition) is 2. The second-order valence-corrected chi connectivity index (χ2v) is 8.37. The Morgan fingerprint density at radius 1 is 1.00 bits per heavy atom. The molecule has 1 amide bonds. The summed E-state index contributed by atoms with van der Waals surface area (Å²) in [7, 11) is -3.84. The van der Waals surface area contributed by atoms with Gasteiger partial charge >= 0.3 is 0 Å². The highest BCUT2D eigenvalue weighted by Crippen LogP contribution is 2.17. The first-order valence-electron chi connectivity index (χ1n) is 9.18. The number of nitrogens with zero attached hydrogens (tertiary/aromatic N) is 1. The van der Waals surface area contributed by atoms with Crippen LogP contribution in [0.5, 0.6) is 0 Å². The highest BCUT2D eigenvalue weighted by Gasteiger charge is 2.17. The topological polar surface area (TPSA) is 105 Å². The molecule has 0 spiro atoms. The van der Waals surface area contributed by atoms with E-state index in [4.69, 9.17) is 4.74 Å². The molecule has 2 aromatic carbocycles. The molecule has 154 valence electrons. The predicted molar refractivity (Wildman–Crippen MR) is 110 cm³/mol. The van der Waals surface area contributed by atoms with E-state index in [1.54, 1.807) is 12.1 Å². The van der Waals surface area contributed by atoms with Gasteiger partial charge in [0.25, 0.3) is 0 Å².